The van der Waals surface area contributed by atoms with Crippen molar-refractivity contribution in [3.05, 3.63) is 95.4 Å². The molecule has 0 saturated heterocycles. The first kappa shape index (κ1) is 25.2. The van der Waals surface area contributed by atoms with E-state index in [2.05, 4.69) is 10.3 Å². The molecular weight excluding hydrogens is 496 g/mol. The first-order valence-electron chi connectivity index (χ1n) is 10.9. The maximum absolute atomic E-state index is 12.7. The van der Waals surface area contributed by atoms with E-state index in [1.807, 2.05) is 29.6 Å². The van der Waals surface area contributed by atoms with Gasteiger partial charge in [-0.2, -0.15) is 0 Å². The lowest BCUT2D eigenvalue weighted by Gasteiger charge is -2.06. The van der Waals surface area contributed by atoms with E-state index >= 15 is 0 Å². The molecular formula is C27H24N2O5S2. The van der Waals surface area contributed by atoms with Crippen LogP contribution < -0.4 is 14.8 Å². The lowest BCUT2D eigenvalue weighted by molar-refractivity contribution is -0.111. The molecule has 0 unspecified atom stereocenters. The van der Waals surface area contributed by atoms with E-state index in [4.69, 9.17) is 9.47 Å². The maximum Gasteiger partial charge on any atom is 0.250 e. The number of anilines is 1. The first-order chi connectivity index (χ1) is 17.4. The van der Waals surface area contributed by atoms with E-state index in [0.29, 0.717) is 22.0 Å². The molecule has 36 heavy (non-hydrogen) atoms. The average molecular weight is 521 g/mol. The van der Waals surface area contributed by atoms with Gasteiger partial charge in [-0.25, -0.2) is 13.4 Å². The number of hydrogen-bond acceptors (Lipinski definition) is 7. The lowest BCUT2D eigenvalue weighted by Crippen LogP contribution is -2.07. The molecule has 0 aliphatic rings. The Balaban J connectivity index is 1.35. The van der Waals surface area contributed by atoms with Gasteiger partial charge in [0.1, 0.15) is 11.5 Å². The minimum Gasteiger partial charge on any atom is -0.497 e. The predicted octanol–water partition coefficient (Wildman–Crippen LogP) is 5.45. The topological polar surface area (TPSA) is 94.6 Å². The number of nitrogens with one attached hydrogen (secondary N) is 1. The number of ether oxygens (including phenoxy) is 2. The Morgan fingerprint density at radius 1 is 0.917 bits per heavy atom. The number of carbonyl (C=O) groups is 1. The number of benzene rings is 3. The third-order valence-electron chi connectivity index (χ3n) is 5.30. The number of carbonyl (C=O) groups excluding carboxylic acids is 1. The Labute approximate surface area is 214 Å². The quantitative estimate of drug-likeness (QED) is 0.295. The zero-order valence-electron chi connectivity index (χ0n) is 19.7. The molecule has 7 nitrogen and oxygen atoms in total. The monoisotopic (exact) mass is 520 g/mol. The summed E-state index contributed by atoms with van der Waals surface area (Å²) in [5.41, 5.74) is 3.05. The highest BCUT2D eigenvalue weighted by Gasteiger charge is 2.15. The molecule has 1 amide bonds. The summed E-state index contributed by atoms with van der Waals surface area (Å²) in [6, 6.07) is 20.8. The summed E-state index contributed by atoms with van der Waals surface area (Å²) in [5, 5.41) is 5.10. The standard InChI is InChI=1S/C27H24N2O5S2/c1-33-22-10-3-20(4-11-22)18-36(31,32)24-14-5-19(6-15-24)7-16-26(30)29-27-28-25(17-35-27)21-8-12-23(34-2)13-9-21/h3-17H,18H2,1-2H3,(H,28,29,30)/b16-7-. The van der Waals surface area contributed by atoms with Crippen LogP contribution in [-0.4, -0.2) is 33.5 Å². The van der Waals surface area contributed by atoms with Crippen LogP contribution in [0.1, 0.15) is 11.1 Å². The van der Waals surface area contributed by atoms with Crippen LogP contribution in [0, 0.1) is 0 Å². The van der Waals surface area contributed by atoms with Crippen molar-refractivity contribution in [1.29, 1.82) is 0 Å². The van der Waals surface area contributed by atoms with Crippen LogP contribution in [0.3, 0.4) is 0 Å². The summed E-state index contributed by atoms with van der Waals surface area (Å²) in [7, 11) is -0.334. The molecule has 184 valence electrons. The van der Waals surface area contributed by atoms with Gasteiger partial charge in [0.15, 0.2) is 15.0 Å². The van der Waals surface area contributed by atoms with Gasteiger partial charge in [-0.15, -0.1) is 11.3 Å². The van der Waals surface area contributed by atoms with Crippen molar-refractivity contribution >= 4 is 38.3 Å². The van der Waals surface area contributed by atoms with E-state index in [0.717, 1.165) is 17.0 Å². The van der Waals surface area contributed by atoms with Crippen LogP contribution in [0.4, 0.5) is 5.13 Å². The summed E-state index contributed by atoms with van der Waals surface area (Å²) in [6.45, 7) is 0. The average Bonchev–Trinajstić information content (AvgIpc) is 3.36. The Hall–Kier alpha value is -3.95. The van der Waals surface area contributed by atoms with Crippen LogP contribution in [-0.2, 0) is 20.4 Å². The summed E-state index contributed by atoms with van der Waals surface area (Å²) in [5.74, 6) is 0.988. The van der Waals surface area contributed by atoms with Crippen LogP contribution in [0.15, 0.2) is 89.1 Å². The van der Waals surface area contributed by atoms with Crippen molar-refractivity contribution in [3.8, 4) is 22.8 Å². The maximum atomic E-state index is 12.7. The first-order valence-corrected chi connectivity index (χ1v) is 13.4. The van der Waals surface area contributed by atoms with Gasteiger partial charge in [-0.3, -0.25) is 10.1 Å². The highest BCUT2D eigenvalue weighted by molar-refractivity contribution is 7.90. The highest BCUT2D eigenvalue weighted by Crippen LogP contribution is 2.26. The molecule has 0 bridgehead atoms. The minimum atomic E-state index is -3.50. The minimum absolute atomic E-state index is 0.110. The second-order valence-electron chi connectivity index (χ2n) is 7.77. The lowest BCUT2D eigenvalue weighted by atomic mass is 10.2. The zero-order chi connectivity index (χ0) is 25.5. The van der Waals surface area contributed by atoms with Crippen molar-refractivity contribution in [1.82, 2.24) is 4.98 Å². The van der Waals surface area contributed by atoms with E-state index in [1.54, 1.807) is 68.8 Å². The SMILES string of the molecule is COc1ccc(CS(=O)(=O)c2ccc(/C=C\C(=O)Nc3nc(-c4ccc(OC)cc4)cs3)cc2)cc1. The van der Waals surface area contributed by atoms with Gasteiger partial charge >= 0.3 is 0 Å². The van der Waals surface area contributed by atoms with Crippen molar-refractivity contribution in [2.75, 3.05) is 19.5 Å². The summed E-state index contributed by atoms with van der Waals surface area (Å²) in [6.07, 6.45) is 3.00. The van der Waals surface area contributed by atoms with Gasteiger partial charge in [0.25, 0.3) is 0 Å². The number of hydrogen-bond donors (Lipinski definition) is 1. The second kappa shape index (κ2) is 11.2. The normalized spacial score (nSPS) is 11.4. The zero-order valence-corrected chi connectivity index (χ0v) is 21.3. The smallest absolute Gasteiger partial charge is 0.250 e. The summed E-state index contributed by atoms with van der Waals surface area (Å²) < 4.78 is 35.8. The van der Waals surface area contributed by atoms with E-state index < -0.39 is 9.84 Å². The molecule has 9 heteroatoms. The number of thiazole rings is 1. The predicted molar refractivity (Wildman–Crippen MR) is 142 cm³/mol. The summed E-state index contributed by atoms with van der Waals surface area (Å²) >= 11 is 1.33. The van der Waals surface area contributed by atoms with Gasteiger partial charge in [0, 0.05) is 17.0 Å². The van der Waals surface area contributed by atoms with Gasteiger partial charge in [0.2, 0.25) is 5.91 Å². The van der Waals surface area contributed by atoms with Crippen molar-refractivity contribution in [2.45, 2.75) is 10.6 Å². The van der Waals surface area contributed by atoms with Crippen molar-refractivity contribution in [3.63, 3.8) is 0 Å². The Kier molecular flexibility index (Phi) is 7.82. The summed E-state index contributed by atoms with van der Waals surface area (Å²) in [4.78, 5) is 17.0. The number of amides is 1. The third-order valence-corrected chi connectivity index (χ3v) is 7.76. The number of methoxy groups -OCH3 is 2. The third kappa shape index (κ3) is 6.38. The van der Waals surface area contributed by atoms with Crippen LogP contribution >= 0.6 is 11.3 Å². The van der Waals surface area contributed by atoms with Gasteiger partial charge in [0.05, 0.1) is 30.6 Å². The number of rotatable bonds is 9. The Bertz CT molecular complexity index is 1460. The molecule has 0 radical (unpaired) electrons. The number of aromatic nitrogens is 1. The molecule has 4 rings (SSSR count). The van der Waals surface area contributed by atoms with Gasteiger partial charge < -0.3 is 9.47 Å². The Morgan fingerprint density at radius 2 is 1.53 bits per heavy atom. The van der Waals surface area contributed by atoms with Crippen LogP contribution in [0.5, 0.6) is 11.5 Å². The highest BCUT2D eigenvalue weighted by atomic mass is 32.2. The molecule has 0 fully saturated rings. The van der Waals surface area contributed by atoms with E-state index in [1.165, 1.54) is 17.4 Å². The van der Waals surface area contributed by atoms with Crippen LogP contribution in [0.2, 0.25) is 0 Å². The molecule has 0 aliphatic carbocycles. The fourth-order valence-electron chi connectivity index (χ4n) is 3.36. The fourth-order valence-corrected chi connectivity index (χ4v) is 5.43. The van der Waals surface area contributed by atoms with E-state index in [-0.39, 0.29) is 16.6 Å². The molecule has 4 aromatic rings. The molecule has 3 aromatic carbocycles. The fraction of sp³-hybridized carbons (Fsp3) is 0.111. The molecule has 1 N–H and O–H groups in total. The number of sulfone groups is 1. The van der Waals surface area contributed by atoms with Crippen molar-refractivity contribution < 1.29 is 22.7 Å². The molecule has 0 aliphatic heterocycles. The van der Waals surface area contributed by atoms with Gasteiger partial charge in [-0.05, 0) is 65.7 Å². The molecule has 1 heterocycles. The van der Waals surface area contributed by atoms with E-state index in [9.17, 15) is 13.2 Å². The second-order valence-corrected chi connectivity index (χ2v) is 10.6. The van der Waals surface area contributed by atoms with Gasteiger partial charge in [-0.1, -0.05) is 24.3 Å². The molecule has 0 spiro atoms. The largest absolute Gasteiger partial charge is 0.497 e. The van der Waals surface area contributed by atoms with Crippen molar-refractivity contribution in [2.24, 2.45) is 0 Å². The Morgan fingerprint density at radius 3 is 2.14 bits per heavy atom. The number of nitrogens with zero attached hydrogens (tertiary/aromatic N) is 1. The molecule has 0 atom stereocenters. The molecule has 0 saturated carbocycles. The molecule has 1 aromatic heterocycles. The van der Waals surface area contributed by atoms with Crippen LogP contribution in [0.25, 0.3) is 17.3 Å².